The van der Waals surface area contributed by atoms with Gasteiger partial charge in [0, 0.05) is 51.7 Å². The van der Waals surface area contributed by atoms with Crippen molar-refractivity contribution in [2.24, 2.45) is 5.73 Å². The van der Waals surface area contributed by atoms with Crippen molar-refractivity contribution in [2.45, 2.75) is 13.1 Å². The van der Waals surface area contributed by atoms with E-state index in [0.29, 0.717) is 65.7 Å². The molecule has 2 rings (SSSR count). The van der Waals surface area contributed by atoms with E-state index >= 15 is 0 Å². The van der Waals surface area contributed by atoms with Gasteiger partial charge in [0.05, 0.1) is 37.8 Å². The molecule has 0 aliphatic rings. The summed E-state index contributed by atoms with van der Waals surface area (Å²) in [6, 6.07) is 11.5. The van der Waals surface area contributed by atoms with Gasteiger partial charge in [-0.25, -0.2) is 4.79 Å². The Balaban J connectivity index is 1.65. The third-order valence-corrected chi connectivity index (χ3v) is 4.10. The summed E-state index contributed by atoms with van der Waals surface area (Å²) in [5.41, 5.74) is 7.28. The van der Waals surface area contributed by atoms with E-state index in [9.17, 15) is 4.79 Å². The molecule has 0 atom stereocenters. The lowest BCUT2D eigenvalue weighted by Crippen LogP contribution is -2.41. The molecule has 0 saturated heterocycles. The Bertz CT molecular complexity index is 648. The predicted molar refractivity (Wildman–Crippen MR) is 115 cm³/mol. The third-order valence-electron chi connectivity index (χ3n) is 4.10. The van der Waals surface area contributed by atoms with Crippen LogP contribution < -0.4 is 16.4 Å². The van der Waals surface area contributed by atoms with E-state index < -0.39 is 0 Å². The van der Waals surface area contributed by atoms with Gasteiger partial charge in [0.25, 0.3) is 0 Å². The van der Waals surface area contributed by atoms with Gasteiger partial charge in [0.1, 0.15) is 0 Å². The Labute approximate surface area is 178 Å². The van der Waals surface area contributed by atoms with Crippen molar-refractivity contribution in [3.63, 3.8) is 0 Å². The van der Waals surface area contributed by atoms with Gasteiger partial charge >= 0.3 is 6.03 Å². The highest BCUT2D eigenvalue weighted by molar-refractivity contribution is 5.73. The number of nitrogens with two attached hydrogens (primary N) is 1. The fraction of sp³-hybridized carbons (Fsp3) is 0.476. The zero-order valence-electron chi connectivity index (χ0n) is 17.3. The Morgan fingerprint density at radius 1 is 0.867 bits per heavy atom. The summed E-state index contributed by atoms with van der Waals surface area (Å²) in [4.78, 5) is 22.9. The third kappa shape index (κ3) is 10.8. The molecule has 2 aromatic rings. The maximum absolute atomic E-state index is 12.0. The number of nitrogens with zero attached hydrogens (tertiary/aromatic N) is 3. The van der Waals surface area contributed by atoms with Gasteiger partial charge in [-0.2, -0.15) is 0 Å². The van der Waals surface area contributed by atoms with Crippen LogP contribution in [0.25, 0.3) is 0 Å². The Morgan fingerprint density at radius 2 is 1.47 bits per heavy atom. The van der Waals surface area contributed by atoms with Crippen molar-refractivity contribution in [3.05, 3.63) is 60.2 Å². The number of carbonyl (C=O) groups is 1. The van der Waals surface area contributed by atoms with Crippen LogP contribution >= 0.6 is 0 Å². The molecule has 0 saturated carbocycles. The standard InChI is InChI=1S/C21H32N6O3/c22-7-13-29-15-16-30-14-11-26-21(28)25-10-12-27(17-19-5-1-3-8-23-19)18-20-6-2-4-9-24-20/h1-6,8-9H,7,10-18,22H2,(H2,25,26,28). The Hall–Kier alpha value is -2.59. The zero-order chi connectivity index (χ0) is 21.3. The fourth-order valence-corrected chi connectivity index (χ4v) is 2.69. The van der Waals surface area contributed by atoms with Crippen LogP contribution in [-0.4, -0.2) is 73.5 Å². The van der Waals surface area contributed by atoms with Crippen molar-refractivity contribution in [1.82, 2.24) is 25.5 Å². The van der Waals surface area contributed by atoms with E-state index in [1.807, 2.05) is 36.4 Å². The van der Waals surface area contributed by atoms with Crippen LogP contribution in [0.2, 0.25) is 0 Å². The average Bonchev–Trinajstić information content (AvgIpc) is 2.77. The number of hydrogen-bond donors (Lipinski definition) is 3. The Morgan fingerprint density at radius 3 is 2.03 bits per heavy atom. The first kappa shape index (κ1) is 23.7. The molecule has 164 valence electrons. The number of hydrogen-bond acceptors (Lipinski definition) is 7. The molecule has 4 N–H and O–H groups in total. The first-order chi connectivity index (χ1) is 14.8. The summed E-state index contributed by atoms with van der Waals surface area (Å²) in [7, 11) is 0. The van der Waals surface area contributed by atoms with Crippen molar-refractivity contribution in [1.29, 1.82) is 0 Å². The SMILES string of the molecule is NCCOCCOCCNC(=O)NCCN(Cc1ccccn1)Cc1ccccn1. The van der Waals surface area contributed by atoms with Gasteiger partial charge in [-0.1, -0.05) is 12.1 Å². The second-order valence-electron chi connectivity index (χ2n) is 6.55. The number of amides is 2. The van der Waals surface area contributed by atoms with Crippen LogP contribution in [0.1, 0.15) is 11.4 Å². The normalized spacial score (nSPS) is 10.9. The highest BCUT2D eigenvalue weighted by atomic mass is 16.5. The van der Waals surface area contributed by atoms with E-state index in [0.717, 1.165) is 11.4 Å². The molecule has 9 heteroatoms. The molecule has 0 aliphatic heterocycles. The minimum absolute atomic E-state index is 0.214. The van der Waals surface area contributed by atoms with Gasteiger partial charge < -0.3 is 25.8 Å². The highest BCUT2D eigenvalue weighted by Crippen LogP contribution is 2.06. The number of rotatable bonds is 15. The molecule has 0 unspecified atom stereocenters. The smallest absolute Gasteiger partial charge is 0.314 e. The maximum Gasteiger partial charge on any atom is 0.314 e. The van der Waals surface area contributed by atoms with Crippen LogP contribution in [0.5, 0.6) is 0 Å². The molecule has 2 aromatic heterocycles. The number of urea groups is 1. The molecule has 30 heavy (non-hydrogen) atoms. The lowest BCUT2D eigenvalue weighted by atomic mass is 10.3. The first-order valence-corrected chi connectivity index (χ1v) is 10.2. The van der Waals surface area contributed by atoms with Gasteiger partial charge in [0.15, 0.2) is 0 Å². The number of ether oxygens (including phenoxy) is 2. The van der Waals surface area contributed by atoms with Gasteiger partial charge in [-0.3, -0.25) is 14.9 Å². The maximum atomic E-state index is 12.0. The van der Waals surface area contributed by atoms with Crippen molar-refractivity contribution < 1.29 is 14.3 Å². The Kier molecular flexibility index (Phi) is 12.1. The zero-order valence-corrected chi connectivity index (χ0v) is 17.3. The summed E-state index contributed by atoms with van der Waals surface area (Å²) >= 11 is 0. The second-order valence-corrected chi connectivity index (χ2v) is 6.55. The van der Waals surface area contributed by atoms with E-state index in [1.54, 1.807) is 12.4 Å². The lowest BCUT2D eigenvalue weighted by Gasteiger charge is -2.22. The second kappa shape index (κ2) is 15.3. The number of aromatic nitrogens is 2. The van der Waals surface area contributed by atoms with E-state index in [4.69, 9.17) is 15.2 Å². The molecule has 0 spiro atoms. The van der Waals surface area contributed by atoms with Crippen molar-refractivity contribution in [2.75, 3.05) is 52.6 Å². The van der Waals surface area contributed by atoms with Crippen LogP contribution in [-0.2, 0) is 22.6 Å². The molecule has 2 heterocycles. The molecule has 9 nitrogen and oxygen atoms in total. The van der Waals surface area contributed by atoms with Crippen LogP contribution in [0, 0.1) is 0 Å². The predicted octanol–water partition coefficient (Wildman–Crippen LogP) is 0.770. The topological polar surface area (TPSA) is 115 Å². The minimum Gasteiger partial charge on any atom is -0.378 e. The van der Waals surface area contributed by atoms with Gasteiger partial charge in [-0.15, -0.1) is 0 Å². The molecular weight excluding hydrogens is 384 g/mol. The van der Waals surface area contributed by atoms with Crippen LogP contribution in [0.15, 0.2) is 48.8 Å². The first-order valence-electron chi connectivity index (χ1n) is 10.2. The van der Waals surface area contributed by atoms with E-state index in [1.165, 1.54) is 0 Å². The van der Waals surface area contributed by atoms with E-state index in [-0.39, 0.29) is 6.03 Å². The number of carbonyl (C=O) groups excluding carboxylic acids is 1. The summed E-state index contributed by atoms with van der Waals surface area (Å²) < 4.78 is 10.6. The lowest BCUT2D eigenvalue weighted by molar-refractivity contribution is 0.0524. The largest absolute Gasteiger partial charge is 0.378 e. The van der Waals surface area contributed by atoms with Crippen LogP contribution in [0.3, 0.4) is 0 Å². The number of nitrogens with one attached hydrogen (secondary N) is 2. The van der Waals surface area contributed by atoms with Crippen molar-refractivity contribution >= 4 is 6.03 Å². The molecule has 0 bridgehead atoms. The molecule has 0 radical (unpaired) electrons. The molecule has 2 amide bonds. The summed E-state index contributed by atoms with van der Waals surface area (Å²) in [6.07, 6.45) is 3.57. The molecular formula is C21H32N6O3. The summed E-state index contributed by atoms with van der Waals surface area (Å²) in [5, 5.41) is 5.66. The highest BCUT2D eigenvalue weighted by Gasteiger charge is 2.09. The van der Waals surface area contributed by atoms with Crippen molar-refractivity contribution in [3.8, 4) is 0 Å². The summed E-state index contributed by atoms with van der Waals surface area (Å²) in [5.74, 6) is 0. The quantitative estimate of drug-likeness (QED) is 0.367. The molecule has 0 aromatic carbocycles. The fourth-order valence-electron chi connectivity index (χ4n) is 2.69. The van der Waals surface area contributed by atoms with Gasteiger partial charge in [0.2, 0.25) is 0 Å². The van der Waals surface area contributed by atoms with E-state index in [2.05, 4.69) is 25.5 Å². The summed E-state index contributed by atoms with van der Waals surface area (Å²) in [6.45, 7) is 5.45. The minimum atomic E-state index is -0.214. The van der Waals surface area contributed by atoms with Gasteiger partial charge in [-0.05, 0) is 24.3 Å². The molecule has 0 fully saturated rings. The number of pyridine rings is 2. The monoisotopic (exact) mass is 416 g/mol. The molecule has 0 aliphatic carbocycles. The average molecular weight is 417 g/mol. The van der Waals surface area contributed by atoms with Crippen LogP contribution in [0.4, 0.5) is 4.79 Å².